The molecule has 1 fully saturated rings. The minimum absolute atomic E-state index is 0.0524. The van der Waals surface area contributed by atoms with Crippen molar-refractivity contribution in [3.63, 3.8) is 0 Å². The molecular formula is C19H24N2O3. The van der Waals surface area contributed by atoms with Crippen LogP contribution in [0.1, 0.15) is 56.8 Å². The van der Waals surface area contributed by atoms with Crippen molar-refractivity contribution >= 4 is 11.8 Å². The van der Waals surface area contributed by atoms with Gasteiger partial charge in [0.15, 0.2) is 5.78 Å². The van der Waals surface area contributed by atoms with Crippen LogP contribution in [0.15, 0.2) is 23.2 Å². The van der Waals surface area contributed by atoms with E-state index in [1.807, 2.05) is 12.1 Å². The van der Waals surface area contributed by atoms with E-state index in [0.717, 1.165) is 36.8 Å². The number of ether oxygens (including phenoxy) is 2. The Labute approximate surface area is 145 Å². The summed E-state index contributed by atoms with van der Waals surface area (Å²) < 4.78 is 28.2. The zero-order chi connectivity index (χ0) is 18.7. The first-order valence-electron chi connectivity index (χ1n) is 9.46. The molecule has 0 saturated heterocycles. The predicted octanol–water partition coefficient (Wildman–Crippen LogP) is 2.56. The normalized spacial score (nSPS) is 37.6. The summed E-state index contributed by atoms with van der Waals surface area (Å²) in [5.74, 6) is -0.0524. The summed E-state index contributed by atoms with van der Waals surface area (Å²) in [6, 6.07) is 5.42. The average Bonchev–Trinajstić information content (AvgIpc) is 3.00. The van der Waals surface area contributed by atoms with Gasteiger partial charge >= 0.3 is 0 Å². The van der Waals surface area contributed by atoms with Crippen molar-refractivity contribution in [2.45, 2.75) is 50.7 Å². The quantitative estimate of drug-likeness (QED) is 0.846. The molecule has 0 aromatic heterocycles. The second-order valence-corrected chi connectivity index (χ2v) is 7.18. The molecule has 0 amide bonds. The molecule has 1 aromatic rings. The van der Waals surface area contributed by atoms with Gasteiger partial charge < -0.3 is 15.2 Å². The van der Waals surface area contributed by atoms with Gasteiger partial charge in [0.2, 0.25) is 0 Å². The lowest BCUT2D eigenvalue weighted by Gasteiger charge is -2.45. The van der Waals surface area contributed by atoms with Crippen molar-refractivity contribution in [1.82, 2.24) is 0 Å². The van der Waals surface area contributed by atoms with E-state index in [0.29, 0.717) is 12.0 Å². The summed E-state index contributed by atoms with van der Waals surface area (Å²) in [5.41, 5.74) is 6.54. The van der Waals surface area contributed by atoms with Gasteiger partial charge in [-0.05, 0) is 56.2 Å². The zero-order valence-corrected chi connectivity index (χ0v) is 14.1. The maximum Gasteiger partial charge on any atom is 0.283 e. The number of nitrogens with zero attached hydrogens (tertiary/aromatic N) is 1. The molecule has 1 heterocycles. The van der Waals surface area contributed by atoms with Crippen LogP contribution in [0.3, 0.4) is 0 Å². The van der Waals surface area contributed by atoms with Crippen molar-refractivity contribution in [2.24, 2.45) is 16.1 Å². The van der Waals surface area contributed by atoms with Gasteiger partial charge in [-0.2, -0.15) is 0 Å². The van der Waals surface area contributed by atoms with E-state index in [2.05, 4.69) is 4.99 Å². The van der Waals surface area contributed by atoms with Gasteiger partial charge in [-0.15, -0.1) is 0 Å². The van der Waals surface area contributed by atoms with Gasteiger partial charge in [0, 0.05) is 18.1 Å². The number of Topliss-reactive ketones (excluding diaryl/α,β-unsaturated/α-hetero) is 1. The molecule has 5 nitrogen and oxygen atoms in total. The Balaban J connectivity index is 1.91. The average molecular weight is 330 g/mol. The molecule has 2 spiro atoms. The second kappa shape index (κ2) is 5.31. The van der Waals surface area contributed by atoms with Gasteiger partial charge in [-0.25, -0.2) is 4.99 Å². The van der Waals surface area contributed by atoms with E-state index in [-0.39, 0.29) is 17.9 Å². The predicted molar refractivity (Wildman–Crippen MR) is 91.1 cm³/mol. The van der Waals surface area contributed by atoms with Crippen LogP contribution in [0.2, 0.25) is 0 Å². The molecule has 0 radical (unpaired) electrons. The molecule has 1 unspecified atom stereocenters. The Kier molecular flexibility index (Phi) is 2.97. The number of ketones is 1. The van der Waals surface area contributed by atoms with Crippen LogP contribution in [0.4, 0.5) is 0 Å². The van der Waals surface area contributed by atoms with E-state index in [4.69, 9.17) is 17.9 Å². The Morgan fingerprint density at radius 2 is 2.21 bits per heavy atom. The number of hydrogen-bond acceptors (Lipinski definition) is 5. The van der Waals surface area contributed by atoms with E-state index in [1.165, 1.54) is 6.92 Å². The van der Waals surface area contributed by atoms with Crippen molar-refractivity contribution in [1.29, 1.82) is 0 Å². The fourth-order valence-corrected chi connectivity index (χ4v) is 4.66. The van der Waals surface area contributed by atoms with Crippen LogP contribution in [0, 0.1) is 5.41 Å². The molecule has 1 aromatic carbocycles. The highest BCUT2D eigenvalue weighted by molar-refractivity contribution is 5.94. The number of rotatable bonds is 2. The Morgan fingerprint density at radius 1 is 1.46 bits per heavy atom. The van der Waals surface area contributed by atoms with Crippen molar-refractivity contribution in [2.75, 3.05) is 13.7 Å². The topological polar surface area (TPSA) is 73.9 Å². The summed E-state index contributed by atoms with van der Waals surface area (Å²) in [6.45, 7) is -0.544. The van der Waals surface area contributed by atoms with E-state index >= 15 is 0 Å². The molecular weight excluding hydrogens is 304 g/mol. The molecule has 0 bridgehead atoms. The van der Waals surface area contributed by atoms with Crippen LogP contribution in [-0.4, -0.2) is 31.6 Å². The smallest absolute Gasteiger partial charge is 0.283 e. The number of carbonyl (C=O) groups is 1. The van der Waals surface area contributed by atoms with E-state index < -0.39 is 17.5 Å². The third-order valence-electron chi connectivity index (χ3n) is 6.01. The number of nitrogens with two attached hydrogens (primary N) is 1. The molecule has 24 heavy (non-hydrogen) atoms. The van der Waals surface area contributed by atoms with E-state index in [1.54, 1.807) is 13.2 Å². The summed E-state index contributed by atoms with van der Waals surface area (Å²) in [4.78, 5) is 16.5. The van der Waals surface area contributed by atoms with Crippen LogP contribution in [0.25, 0.3) is 0 Å². The zero-order valence-electron chi connectivity index (χ0n) is 16.1. The summed E-state index contributed by atoms with van der Waals surface area (Å²) in [7, 11) is 1.72. The van der Waals surface area contributed by atoms with Crippen LogP contribution in [-0.2, 0) is 21.4 Å². The van der Waals surface area contributed by atoms with Crippen LogP contribution in [0.5, 0.6) is 0 Å². The molecule has 1 atom stereocenters. The molecule has 1 saturated carbocycles. The maximum atomic E-state index is 11.9. The van der Waals surface area contributed by atoms with Gasteiger partial charge in [-0.1, -0.05) is 12.1 Å². The standard InChI is InChI=1S/C19H24N2O3/c1-12(22)13-3-4-14-10-18(7-5-15(23-2)6-8-18)19(16(14)9-13)11-24-17(20)21-19/h3-4,9,15H,5-8,10-11H2,1-2H3,(H2,20,21)/i11D2. The Hall–Kier alpha value is -1.88. The third-order valence-corrected chi connectivity index (χ3v) is 6.01. The number of methoxy groups -OCH3 is 1. The minimum atomic E-state index is -2.06. The SMILES string of the molecule is [2H]C1([2H])OC(N)=NC12c1cc(C(C)=O)ccc1CC21CCC(OC)CC1. The molecule has 2 aliphatic carbocycles. The first-order chi connectivity index (χ1) is 12.2. The lowest BCUT2D eigenvalue weighted by atomic mass is 9.62. The first-order valence-corrected chi connectivity index (χ1v) is 8.46. The minimum Gasteiger partial charge on any atom is -0.462 e. The fourth-order valence-electron chi connectivity index (χ4n) is 4.66. The highest BCUT2D eigenvalue weighted by Gasteiger charge is 2.61. The monoisotopic (exact) mass is 330 g/mol. The van der Waals surface area contributed by atoms with Crippen molar-refractivity contribution in [3.8, 4) is 0 Å². The first kappa shape index (κ1) is 13.4. The molecule has 3 aliphatic rings. The van der Waals surface area contributed by atoms with Gasteiger partial charge in [0.25, 0.3) is 6.02 Å². The molecule has 5 heteroatoms. The lowest BCUT2D eigenvalue weighted by molar-refractivity contribution is -0.00984. The van der Waals surface area contributed by atoms with Crippen molar-refractivity contribution < 1.29 is 17.0 Å². The van der Waals surface area contributed by atoms with Crippen LogP contribution < -0.4 is 5.73 Å². The summed E-state index contributed by atoms with van der Waals surface area (Å²) in [6.07, 6.45) is 4.12. The number of carbonyl (C=O) groups excluding carboxylic acids is 1. The van der Waals surface area contributed by atoms with Gasteiger partial charge in [0.05, 0.1) is 8.85 Å². The second-order valence-electron chi connectivity index (χ2n) is 7.18. The third kappa shape index (κ3) is 2.04. The van der Waals surface area contributed by atoms with Gasteiger partial charge in [0.1, 0.15) is 12.1 Å². The molecule has 1 aliphatic heterocycles. The summed E-state index contributed by atoms with van der Waals surface area (Å²) >= 11 is 0. The van der Waals surface area contributed by atoms with E-state index in [9.17, 15) is 4.79 Å². The molecule has 4 rings (SSSR count). The van der Waals surface area contributed by atoms with Gasteiger partial charge in [-0.3, -0.25) is 4.79 Å². The Morgan fingerprint density at radius 3 is 2.79 bits per heavy atom. The highest BCUT2D eigenvalue weighted by atomic mass is 16.5. The molecule has 2 N–H and O–H groups in total. The number of benzene rings is 1. The lowest BCUT2D eigenvalue weighted by Crippen LogP contribution is -2.46. The highest BCUT2D eigenvalue weighted by Crippen LogP contribution is 2.61. The fraction of sp³-hybridized carbons (Fsp3) is 0.579. The number of hydrogen-bond donors (Lipinski definition) is 1. The maximum absolute atomic E-state index is 11.9. The largest absolute Gasteiger partial charge is 0.462 e. The molecule has 128 valence electrons. The van der Waals surface area contributed by atoms with Crippen molar-refractivity contribution in [3.05, 3.63) is 34.9 Å². The number of amidine groups is 1. The number of aliphatic imine (C=N–C) groups is 1. The van der Waals surface area contributed by atoms with Crippen LogP contribution >= 0.6 is 0 Å². The number of fused-ring (bicyclic) bond motifs is 3. The summed E-state index contributed by atoms with van der Waals surface area (Å²) in [5, 5.41) is 0. The Bertz CT molecular complexity index is 800.